The molecule has 0 aliphatic carbocycles. The van der Waals surface area contributed by atoms with Gasteiger partial charge in [-0.15, -0.1) is 0 Å². The molecular formula is C19H28N4O. The summed E-state index contributed by atoms with van der Waals surface area (Å²) in [7, 11) is 1.88. The number of aromatic nitrogens is 2. The van der Waals surface area contributed by atoms with Crippen molar-refractivity contribution in [2.75, 3.05) is 13.6 Å². The molecule has 1 aromatic heterocycles. The molecule has 1 heterocycles. The molecule has 1 aromatic carbocycles. The minimum absolute atomic E-state index is 0.0830. The first-order chi connectivity index (χ1) is 11.2. The van der Waals surface area contributed by atoms with Gasteiger partial charge in [0, 0.05) is 24.2 Å². The summed E-state index contributed by atoms with van der Waals surface area (Å²) in [5.41, 5.74) is 3.37. The van der Waals surface area contributed by atoms with Crippen molar-refractivity contribution in [2.45, 2.75) is 46.1 Å². The summed E-state index contributed by atoms with van der Waals surface area (Å²) >= 11 is 0. The normalized spacial score (nSPS) is 12.9. The van der Waals surface area contributed by atoms with Gasteiger partial charge >= 0.3 is 0 Å². The van der Waals surface area contributed by atoms with Crippen LogP contribution >= 0.6 is 0 Å². The molecular weight excluding hydrogens is 300 g/mol. The second kappa shape index (κ2) is 7.18. The van der Waals surface area contributed by atoms with Crippen LogP contribution in [0.25, 0.3) is 5.69 Å². The van der Waals surface area contributed by atoms with Gasteiger partial charge < -0.3 is 10.6 Å². The Labute approximate surface area is 144 Å². The zero-order valence-corrected chi connectivity index (χ0v) is 15.5. The fourth-order valence-corrected chi connectivity index (χ4v) is 2.37. The van der Waals surface area contributed by atoms with E-state index in [9.17, 15) is 4.79 Å². The van der Waals surface area contributed by atoms with E-state index >= 15 is 0 Å². The molecule has 2 aromatic rings. The van der Waals surface area contributed by atoms with Gasteiger partial charge in [0.25, 0.3) is 5.91 Å². The largest absolute Gasteiger partial charge is 0.350 e. The Balaban J connectivity index is 2.35. The van der Waals surface area contributed by atoms with Crippen LogP contribution in [-0.2, 0) is 5.41 Å². The van der Waals surface area contributed by atoms with E-state index in [-0.39, 0.29) is 17.4 Å². The number of nitrogens with one attached hydrogen (secondary N) is 2. The highest BCUT2D eigenvalue weighted by molar-refractivity contribution is 5.95. The first-order valence-electron chi connectivity index (χ1n) is 8.35. The molecule has 24 heavy (non-hydrogen) atoms. The topological polar surface area (TPSA) is 58.9 Å². The number of aryl methyl sites for hydroxylation is 1. The number of likely N-dealkylation sites (N-methyl/N-ethyl adjacent to an activating group) is 1. The smallest absolute Gasteiger partial charge is 0.254 e. The standard InChI is InChI=1S/C19H28N4O/c1-13-7-9-15(10-8-13)23-12-16(17(22-23)19(3,4)5)18(24)21-11-14(2)20-6/h7-10,12,14,20H,11H2,1-6H3,(H,21,24). The number of carbonyl (C=O) groups excluding carboxylic acids is 1. The van der Waals surface area contributed by atoms with E-state index in [2.05, 4.69) is 43.4 Å². The number of hydrogen-bond acceptors (Lipinski definition) is 3. The third-order valence-electron chi connectivity index (χ3n) is 4.03. The Kier molecular flexibility index (Phi) is 5.44. The highest BCUT2D eigenvalue weighted by Crippen LogP contribution is 2.25. The third-order valence-corrected chi connectivity index (χ3v) is 4.03. The molecule has 0 bridgehead atoms. The van der Waals surface area contributed by atoms with Gasteiger partial charge in [-0.1, -0.05) is 38.5 Å². The van der Waals surface area contributed by atoms with Gasteiger partial charge in [-0.05, 0) is 33.0 Å². The minimum atomic E-state index is -0.211. The van der Waals surface area contributed by atoms with E-state index in [0.29, 0.717) is 12.1 Å². The molecule has 5 heteroatoms. The summed E-state index contributed by atoms with van der Waals surface area (Å²) in [5.74, 6) is -0.0830. The zero-order valence-electron chi connectivity index (χ0n) is 15.5. The van der Waals surface area contributed by atoms with Gasteiger partial charge in [-0.2, -0.15) is 5.10 Å². The summed E-state index contributed by atoms with van der Waals surface area (Å²) in [5, 5.41) is 10.8. The summed E-state index contributed by atoms with van der Waals surface area (Å²) < 4.78 is 1.79. The van der Waals surface area contributed by atoms with Gasteiger partial charge in [0.1, 0.15) is 0 Å². The van der Waals surface area contributed by atoms with E-state index in [1.165, 1.54) is 5.56 Å². The Hall–Kier alpha value is -2.14. The Morgan fingerprint density at radius 2 is 1.88 bits per heavy atom. The SMILES string of the molecule is CNC(C)CNC(=O)c1cn(-c2ccc(C)cc2)nc1C(C)(C)C. The van der Waals surface area contributed by atoms with Gasteiger partial charge in [0.15, 0.2) is 0 Å². The molecule has 130 valence electrons. The van der Waals surface area contributed by atoms with Crippen LogP contribution in [0.5, 0.6) is 0 Å². The van der Waals surface area contributed by atoms with Crippen molar-refractivity contribution in [1.29, 1.82) is 0 Å². The average molecular weight is 328 g/mol. The number of carbonyl (C=O) groups is 1. The molecule has 0 fully saturated rings. The molecule has 1 atom stereocenters. The lowest BCUT2D eigenvalue weighted by atomic mass is 9.89. The lowest BCUT2D eigenvalue weighted by Gasteiger charge is -2.18. The predicted molar refractivity (Wildman–Crippen MR) is 97.9 cm³/mol. The van der Waals surface area contributed by atoms with Gasteiger partial charge in [0.05, 0.1) is 16.9 Å². The zero-order chi connectivity index (χ0) is 17.9. The van der Waals surface area contributed by atoms with E-state index < -0.39 is 0 Å². The van der Waals surface area contributed by atoms with Crippen molar-refractivity contribution in [1.82, 2.24) is 20.4 Å². The van der Waals surface area contributed by atoms with Crippen molar-refractivity contribution in [3.8, 4) is 5.69 Å². The van der Waals surface area contributed by atoms with Crippen molar-refractivity contribution < 1.29 is 4.79 Å². The number of hydrogen-bond donors (Lipinski definition) is 2. The van der Waals surface area contributed by atoms with Crippen LogP contribution in [0.1, 0.15) is 49.3 Å². The van der Waals surface area contributed by atoms with Crippen LogP contribution in [0.4, 0.5) is 0 Å². The van der Waals surface area contributed by atoms with Gasteiger partial charge in [0.2, 0.25) is 0 Å². The molecule has 0 saturated heterocycles. The number of benzene rings is 1. The minimum Gasteiger partial charge on any atom is -0.350 e. The van der Waals surface area contributed by atoms with Crippen LogP contribution < -0.4 is 10.6 Å². The first-order valence-corrected chi connectivity index (χ1v) is 8.35. The lowest BCUT2D eigenvalue weighted by Crippen LogP contribution is -2.37. The summed E-state index contributed by atoms with van der Waals surface area (Å²) in [6, 6.07) is 8.34. The van der Waals surface area contributed by atoms with Crippen LogP contribution in [0, 0.1) is 6.92 Å². The van der Waals surface area contributed by atoms with E-state index in [4.69, 9.17) is 0 Å². The summed E-state index contributed by atoms with van der Waals surface area (Å²) in [6.07, 6.45) is 1.82. The van der Waals surface area contributed by atoms with Crippen LogP contribution in [0.3, 0.4) is 0 Å². The summed E-state index contributed by atoms with van der Waals surface area (Å²) in [4.78, 5) is 12.6. The van der Waals surface area contributed by atoms with Crippen molar-refractivity contribution in [3.05, 3.63) is 47.3 Å². The maximum absolute atomic E-state index is 12.6. The number of amides is 1. The predicted octanol–water partition coefficient (Wildman–Crippen LogP) is 2.82. The van der Waals surface area contributed by atoms with E-state index in [0.717, 1.165) is 11.4 Å². The molecule has 2 rings (SSSR count). The first kappa shape index (κ1) is 18.2. The average Bonchev–Trinajstić information content (AvgIpc) is 2.98. The highest BCUT2D eigenvalue weighted by atomic mass is 16.1. The van der Waals surface area contributed by atoms with Crippen LogP contribution in [-0.4, -0.2) is 35.3 Å². The summed E-state index contributed by atoms with van der Waals surface area (Å²) in [6.45, 7) is 10.9. The third kappa shape index (κ3) is 4.23. The van der Waals surface area contributed by atoms with Crippen molar-refractivity contribution in [3.63, 3.8) is 0 Å². The maximum atomic E-state index is 12.6. The molecule has 0 spiro atoms. The second-order valence-electron chi connectivity index (χ2n) is 7.32. The highest BCUT2D eigenvalue weighted by Gasteiger charge is 2.26. The van der Waals surface area contributed by atoms with Crippen molar-refractivity contribution in [2.24, 2.45) is 0 Å². The molecule has 0 saturated carbocycles. The van der Waals surface area contributed by atoms with E-state index in [1.807, 2.05) is 44.4 Å². The van der Waals surface area contributed by atoms with Crippen molar-refractivity contribution >= 4 is 5.91 Å². The number of rotatable bonds is 5. The van der Waals surface area contributed by atoms with E-state index in [1.54, 1.807) is 4.68 Å². The second-order valence-corrected chi connectivity index (χ2v) is 7.32. The fourth-order valence-electron chi connectivity index (χ4n) is 2.37. The molecule has 1 unspecified atom stereocenters. The quantitative estimate of drug-likeness (QED) is 0.887. The monoisotopic (exact) mass is 328 g/mol. The van der Waals surface area contributed by atoms with Gasteiger partial charge in [-0.3, -0.25) is 4.79 Å². The molecule has 0 aliphatic rings. The molecule has 2 N–H and O–H groups in total. The Morgan fingerprint density at radius 3 is 2.42 bits per heavy atom. The Bertz CT molecular complexity index is 695. The van der Waals surface area contributed by atoms with Crippen LogP contribution in [0.15, 0.2) is 30.5 Å². The molecule has 1 amide bonds. The Morgan fingerprint density at radius 1 is 1.25 bits per heavy atom. The lowest BCUT2D eigenvalue weighted by molar-refractivity contribution is 0.0948. The van der Waals surface area contributed by atoms with Crippen LogP contribution in [0.2, 0.25) is 0 Å². The number of nitrogens with zero attached hydrogens (tertiary/aromatic N) is 2. The maximum Gasteiger partial charge on any atom is 0.254 e. The fraction of sp³-hybridized carbons (Fsp3) is 0.474. The van der Waals surface area contributed by atoms with Gasteiger partial charge in [-0.25, -0.2) is 4.68 Å². The molecule has 0 radical (unpaired) electrons. The molecule has 0 aliphatic heterocycles. The molecule has 5 nitrogen and oxygen atoms in total.